The van der Waals surface area contributed by atoms with E-state index in [1.165, 1.54) is 0 Å². The Morgan fingerprint density at radius 2 is 2.25 bits per heavy atom. The first-order valence-corrected chi connectivity index (χ1v) is 3.93. The van der Waals surface area contributed by atoms with E-state index in [2.05, 4.69) is 5.16 Å². The monoisotopic (exact) mass is 172 g/mol. The molecule has 0 saturated carbocycles. The van der Waals surface area contributed by atoms with Crippen molar-refractivity contribution >= 4 is 0 Å². The molecule has 4 heteroatoms. The van der Waals surface area contributed by atoms with Crippen LogP contribution in [-0.2, 0) is 0 Å². The van der Waals surface area contributed by atoms with E-state index in [-0.39, 0.29) is 0 Å². The van der Waals surface area contributed by atoms with Crippen molar-refractivity contribution in [2.45, 2.75) is 26.4 Å². The van der Waals surface area contributed by atoms with E-state index in [4.69, 9.17) is 10.3 Å². The van der Waals surface area contributed by atoms with Gasteiger partial charge in [-0.3, -0.25) is 0 Å². The quantitative estimate of drug-likeness (QED) is 0.754. The predicted octanol–water partition coefficient (Wildman–Crippen LogP) is 1.65. The van der Waals surface area contributed by atoms with E-state index in [1.54, 1.807) is 13.8 Å². The zero-order chi connectivity index (χ0) is 9.14. The van der Waals surface area contributed by atoms with Crippen LogP contribution in [0.25, 0.3) is 0 Å². The first-order valence-electron chi connectivity index (χ1n) is 3.93. The van der Waals surface area contributed by atoms with Crippen molar-refractivity contribution < 1.29 is 8.91 Å². The van der Waals surface area contributed by atoms with Crippen LogP contribution in [0.1, 0.15) is 29.6 Å². The number of hydrogen-bond donors (Lipinski definition) is 1. The van der Waals surface area contributed by atoms with Gasteiger partial charge < -0.3 is 10.3 Å². The van der Waals surface area contributed by atoms with Crippen molar-refractivity contribution in [1.82, 2.24) is 5.16 Å². The number of alkyl halides is 1. The fourth-order valence-corrected chi connectivity index (χ4v) is 1.23. The standard InChI is InChI=1S/C8H13FN2O/c1-5-8(6(2)12-11-5)7(9)3-4-10/h7H,3-4,10H2,1-2H3. The second-order valence-corrected chi connectivity index (χ2v) is 2.78. The van der Waals surface area contributed by atoms with Crippen LogP contribution in [-0.4, -0.2) is 11.7 Å². The first-order chi connectivity index (χ1) is 5.66. The van der Waals surface area contributed by atoms with Gasteiger partial charge in [0.25, 0.3) is 0 Å². The van der Waals surface area contributed by atoms with Gasteiger partial charge in [-0.05, 0) is 26.8 Å². The summed E-state index contributed by atoms with van der Waals surface area (Å²) in [6.45, 7) is 3.78. The molecule has 0 radical (unpaired) electrons. The molecule has 0 aliphatic rings. The van der Waals surface area contributed by atoms with E-state index in [0.29, 0.717) is 30.0 Å². The van der Waals surface area contributed by atoms with Crippen LogP contribution in [0.3, 0.4) is 0 Å². The second kappa shape index (κ2) is 3.67. The van der Waals surface area contributed by atoms with Gasteiger partial charge >= 0.3 is 0 Å². The van der Waals surface area contributed by atoms with Crippen LogP contribution in [0.2, 0.25) is 0 Å². The van der Waals surface area contributed by atoms with Gasteiger partial charge in [-0.25, -0.2) is 4.39 Å². The number of halogens is 1. The molecule has 3 nitrogen and oxygen atoms in total. The zero-order valence-corrected chi connectivity index (χ0v) is 7.30. The maximum absolute atomic E-state index is 13.3. The van der Waals surface area contributed by atoms with Crippen molar-refractivity contribution in [2.24, 2.45) is 5.73 Å². The normalized spacial score (nSPS) is 13.3. The van der Waals surface area contributed by atoms with Gasteiger partial charge in [0.1, 0.15) is 11.9 Å². The fourth-order valence-electron chi connectivity index (χ4n) is 1.23. The van der Waals surface area contributed by atoms with Gasteiger partial charge in [-0.2, -0.15) is 0 Å². The lowest BCUT2D eigenvalue weighted by atomic mass is 10.1. The molecule has 0 aliphatic heterocycles. The van der Waals surface area contributed by atoms with E-state index in [9.17, 15) is 4.39 Å². The summed E-state index contributed by atoms with van der Waals surface area (Å²) >= 11 is 0. The highest BCUT2D eigenvalue weighted by molar-refractivity contribution is 5.23. The number of nitrogens with zero attached hydrogens (tertiary/aromatic N) is 1. The minimum atomic E-state index is -1.04. The Balaban J connectivity index is 2.85. The molecule has 1 heterocycles. The zero-order valence-electron chi connectivity index (χ0n) is 7.30. The predicted molar refractivity (Wildman–Crippen MR) is 43.5 cm³/mol. The minimum absolute atomic E-state index is 0.322. The van der Waals surface area contributed by atoms with Crippen LogP contribution >= 0.6 is 0 Å². The van der Waals surface area contributed by atoms with E-state index >= 15 is 0 Å². The SMILES string of the molecule is Cc1noc(C)c1C(F)CCN. The van der Waals surface area contributed by atoms with Crippen molar-refractivity contribution in [1.29, 1.82) is 0 Å². The lowest BCUT2D eigenvalue weighted by Gasteiger charge is -2.04. The molecule has 1 aromatic heterocycles. The van der Waals surface area contributed by atoms with Crippen molar-refractivity contribution in [2.75, 3.05) is 6.54 Å². The number of rotatable bonds is 3. The van der Waals surface area contributed by atoms with Gasteiger partial charge in [-0.15, -0.1) is 0 Å². The molecule has 0 aliphatic carbocycles. The summed E-state index contributed by atoms with van der Waals surface area (Å²) in [5.41, 5.74) is 6.42. The lowest BCUT2D eigenvalue weighted by Crippen LogP contribution is -2.04. The minimum Gasteiger partial charge on any atom is -0.361 e. The van der Waals surface area contributed by atoms with Crippen LogP contribution in [0.4, 0.5) is 4.39 Å². The number of hydrogen-bond acceptors (Lipinski definition) is 3. The molecule has 0 fully saturated rings. The first kappa shape index (κ1) is 9.19. The number of aromatic nitrogens is 1. The van der Waals surface area contributed by atoms with E-state index in [1.807, 2.05) is 0 Å². The van der Waals surface area contributed by atoms with Crippen LogP contribution in [0, 0.1) is 13.8 Å². The molecule has 0 spiro atoms. The molecule has 0 saturated heterocycles. The van der Waals surface area contributed by atoms with Crippen LogP contribution < -0.4 is 5.73 Å². The smallest absolute Gasteiger partial charge is 0.140 e. The van der Waals surface area contributed by atoms with Crippen LogP contribution in [0.5, 0.6) is 0 Å². The molecule has 2 N–H and O–H groups in total. The topological polar surface area (TPSA) is 52.0 Å². The highest BCUT2D eigenvalue weighted by Gasteiger charge is 2.18. The maximum Gasteiger partial charge on any atom is 0.140 e. The highest BCUT2D eigenvalue weighted by atomic mass is 19.1. The largest absolute Gasteiger partial charge is 0.361 e. The maximum atomic E-state index is 13.3. The summed E-state index contributed by atoms with van der Waals surface area (Å²) in [4.78, 5) is 0. The lowest BCUT2D eigenvalue weighted by molar-refractivity contribution is 0.320. The average molecular weight is 172 g/mol. The third kappa shape index (κ3) is 1.64. The fraction of sp³-hybridized carbons (Fsp3) is 0.625. The van der Waals surface area contributed by atoms with Gasteiger partial charge in [0.05, 0.1) is 11.3 Å². The number of nitrogens with two attached hydrogens (primary N) is 1. The van der Waals surface area contributed by atoms with Crippen molar-refractivity contribution in [3.63, 3.8) is 0 Å². The highest BCUT2D eigenvalue weighted by Crippen LogP contribution is 2.26. The molecular weight excluding hydrogens is 159 g/mol. The van der Waals surface area contributed by atoms with Crippen molar-refractivity contribution in [3.8, 4) is 0 Å². The molecule has 1 atom stereocenters. The summed E-state index contributed by atoms with van der Waals surface area (Å²) in [5, 5.41) is 3.66. The molecule has 0 amide bonds. The van der Waals surface area contributed by atoms with Gasteiger partial charge in [0.15, 0.2) is 0 Å². The van der Waals surface area contributed by atoms with Crippen LogP contribution in [0.15, 0.2) is 4.52 Å². The molecule has 1 unspecified atom stereocenters. The molecular formula is C8H13FN2O. The van der Waals surface area contributed by atoms with E-state index < -0.39 is 6.17 Å². The summed E-state index contributed by atoms with van der Waals surface area (Å²) in [6, 6.07) is 0. The summed E-state index contributed by atoms with van der Waals surface area (Å²) in [6.07, 6.45) is -0.718. The Labute approximate surface area is 70.7 Å². The Hall–Kier alpha value is -0.900. The average Bonchev–Trinajstić information content (AvgIpc) is 2.32. The Bertz CT molecular complexity index is 240. The molecule has 1 rings (SSSR count). The molecule has 0 bridgehead atoms. The summed E-state index contributed by atoms with van der Waals surface area (Å²) in [7, 11) is 0. The van der Waals surface area contributed by atoms with E-state index in [0.717, 1.165) is 0 Å². The van der Waals surface area contributed by atoms with Gasteiger partial charge in [-0.1, -0.05) is 5.16 Å². The molecule has 68 valence electrons. The summed E-state index contributed by atoms with van der Waals surface area (Å²) in [5.74, 6) is 0.549. The Kier molecular flexibility index (Phi) is 2.81. The Morgan fingerprint density at radius 3 is 2.67 bits per heavy atom. The van der Waals surface area contributed by atoms with Gasteiger partial charge in [0.2, 0.25) is 0 Å². The second-order valence-electron chi connectivity index (χ2n) is 2.78. The molecule has 12 heavy (non-hydrogen) atoms. The van der Waals surface area contributed by atoms with Gasteiger partial charge in [0, 0.05) is 0 Å². The third-order valence-corrected chi connectivity index (χ3v) is 1.82. The number of aryl methyl sites for hydroxylation is 2. The summed E-state index contributed by atoms with van der Waals surface area (Å²) < 4.78 is 18.1. The molecule has 1 aromatic rings. The molecule has 0 aromatic carbocycles. The van der Waals surface area contributed by atoms with Crippen molar-refractivity contribution in [3.05, 3.63) is 17.0 Å². The Morgan fingerprint density at radius 1 is 1.58 bits per heavy atom. The third-order valence-electron chi connectivity index (χ3n) is 1.82.